The van der Waals surface area contributed by atoms with Crippen LogP contribution >= 0.6 is 11.8 Å². The Morgan fingerprint density at radius 2 is 2.23 bits per heavy atom. The lowest BCUT2D eigenvalue weighted by molar-refractivity contribution is 0.183. The third-order valence-electron chi connectivity index (χ3n) is 3.83. The Labute approximate surface area is 135 Å². The predicted molar refractivity (Wildman–Crippen MR) is 86.7 cm³/mol. The Bertz CT molecular complexity index is 630. The smallest absolute Gasteiger partial charge is 0.240 e. The third-order valence-corrected chi connectivity index (χ3v) is 4.85. The Morgan fingerprint density at radius 3 is 2.86 bits per heavy atom. The summed E-state index contributed by atoms with van der Waals surface area (Å²) < 4.78 is 7.31. The molecule has 0 bridgehead atoms. The molecule has 0 unspecified atom stereocenters. The largest absolute Gasteiger partial charge is 0.338 e. The second kappa shape index (κ2) is 6.04. The summed E-state index contributed by atoms with van der Waals surface area (Å²) in [5.74, 6) is 3.68. The molecule has 1 saturated heterocycles. The van der Waals surface area contributed by atoms with E-state index in [9.17, 15) is 0 Å². The van der Waals surface area contributed by atoms with E-state index in [-0.39, 0.29) is 5.41 Å². The SMILES string of the molecule is Cn1cc([C@H]2CSCCN2Cc2nc(C(C)(C)C)no2)cn1. The minimum atomic E-state index is -0.0811. The van der Waals surface area contributed by atoms with Crippen molar-refractivity contribution in [3.8, 4) is 0 Å². The van der Waals surface area contributed by atoms with E-state index < -0.39 is 0 Å². The molecule has 22 heavy (non-hydrogen) atoms. The molecule has 3 rings (SSSR count). The maximum Gasteiger partial charge on any atom is 0.240 e. The van der Waals surface area contributed by atoms with Crippen LogP contribution in [0.25, 0.3) is 0 Å². The molecule has 1 fully saturated rings. The van der Waals surface area contributed by atoms with Gasteiger partial charge in [0.1, 0.15) is 0 Å². The second-order valence-corrected chi connectivity index (χ2v) is 7.92. The highest BCUT2D eigenvalue weighted by Crippen LogP contribution is 2.30. The Hall–Kier alpha value is -1.34. The van der Waals surface area contributed by atoms with Gasteiger partial charge in [-0.25, -0.2) is 0 Å². The van der Waals surface area contributed by atoms with Crippen molar-refractivity contribution >= 4 is 11.8 Å². The quantitative estimate of drug-likeness (QED) is 0.865. The molecule has 1 atom stereocenters. The molecular formula is C15H23N5OS. The highest BCUT2D eigenvalue weighted by molar-refractivity contribution is 7.99. The number of rotatable bonds is 3. The van der Waals surface area contributed by atoms with Crippen molar-refractivity contribution in [3.63, 3.8) is 0 Å². The van der Waals surface area contributed by atoms with Gasteiger partial charge < -0.3 is 4.52 Å². The van der Waals surface area contributed by atoms with Gasteiger partial charge in [0.2, 0.25) is 5.89 Å². The summed E-state index contributed by atoms with van der Waals surface area (Å²) in [7, 11) is 1.96. The van der Waals surface area contributed by atoms with E-state index in [1.54, 1.807) is 0 Å². The summed E-state index contributed by atoms with van der Waals surface area (Å²) >= 11 is 1.99. The Morgan fingerprint density at radius 1 is 1.41 bits per heavy atom. The molecule has 0 N–H and O–H groups in total. The summed E-state index contributed by atoms with van der Waals surface area (Å²) in [6.07, 6.45) is 4.05. The molecule has 2 aromatic rings. The molecule has 1 aliphatic heterocycles. The van der Waals surface area contributed by atoms with Gasteiger partial charge in [-0.1, -0.05) is 25.9 Å². The van der Waals surface area contributed by atoms with Gasteiger partial charge in [-0.3, -0.25) is 9.58 Å². The molecule has 0 aromatic carbocycles. The fourth-order valence-electron chi connectivity index (χ4n) is 2.54. The monoisotopic (exact) mass is 321 g/mol. The van der Waals surface area contributed by atoms with Crippen LogP contribution in [0, 0.1) is 0 Å². The maximum absolute atomic E-state index is 5.45. The van der Waals surface area contributed by atoms with E-state index in [0.717, 1.165) is 23.9 Å². The Kier molecular flexibility index (Phi) is 4.27. The van der Waals surface area contributed by atoms with Crippen LogP contribution in [0.15, 0.2) is 16.9 Å². The van der Waals surface area contributed by atoms with Gasteiger partial charge in [-0.15, -0.1) is 0 Å². The zero-order valence-electron chi connectivity index (χ0n) is 13.6. The normalized spacial score (nSPS) is 20.5. The van der Waals surface area contributed by atoms with Crippen molar-refractivity contribution in [3.05, 3.63) is 29.7 Å². The van der Waals surface area contributed by atoms with Crippen molar-refractivity contribution in [2.75, 3.05) is 18.1 Å². The lowest BCUT2D eigenvalue weighted by atomic mass is 9.96. The van der Waals surface area contributed by atoms with E-state index in [1.165, 1.54) is 5.56 Å². The molecule has 7 heteroatoms. The zero-order valence-corrected chi connectivity index (χ0v) is 14.4. The van der Waals surface area contributed by atoms with Gasteiger partial charge >= 0.3 is 0 Å². The van der Waals surface area contributed by atoms with E-state index in [2.05, 4.69) is 47.1 Å². The van der Waals surface area contributed by atoms with E-state index in [1.807, 2.05) is 29.7 Å². The second-order valence-electron chi connectivity index (χ2n) is 6.77. The summed E-state index contributed by atoms with van der Waals surface area (Å²) in [5, 5.41) is 8.42. The van der Waals surface area contributed by atoms with Gasteiger partial charge in [0.15, 0.2) is 5.82 Å². The lowest BCUT2D eigenvalue weighted by Gasteiger charge is -2.33. The first kappa shape index (κ1) is 15.6. The van der Waals surface area contributed by atoms with Gasteiger partial charge in [0.25, 0.3) is 0 Å². The number of hydrogen-bond donors (Lipinski definition) is 0. The van der Waals surface area contributed by atoms with Gasteiger partial charge in [-0.05, 0) is 0 Å². The molecule has 0 aliphatic carbocycles. The molecule has 0 spiro atoms. The summed E-state index contributed by atoms with van der Waals surface area (Å²) in [4.78, 5) is 6.97. The average molecular weight is 321 g/mol. The minimum absolute atomic E-state index is 0.0811. The molecule has 0 amide bonds. The molecule has 120 valence electrons. The van der Waals surface area contributed by atoms with Crippen LogP contribution in [0.4, 0.5) is 0 Å². The maximum atomic E-state index is 5.45. The van der Waals surface area contributed by atoms with Gasteiger partial charge in [0.05, 0.1) is 12.7 Å². The van der Waals surface area contributed by atoms with Gasteiger partial charge in [-0.2, -0.15) is 21.8 Å². The third kappa shape index (κ3) is 3.35. The first-order chi connectivity index (χ1) is 10.4. The zero-order chi connectivity index (χ0) is 15.7. The molecule has 6 nitrogen and oxygen atoms in total. The first-order valence-electron chi connectivity index (χ1n) is 7.57. The fraction of sp³-hybridized carbons (Fsp3) is 0.667. The molecule has 0 saturated carbocycles. The van der Waals surface area contributed by atoms with Crippen LogP contribution in [0.3, 0.4) is 0 Å². The van der Waals surface area contributed by atoms with E-state index in [0.29, 0.717) is 18.5 Å². The van der Waals surface area contributed by atoms with E-state index >= 15 is 0 Å². The number of aromatic nitrogens is 4. The van der Waals surface area contributed by atoms with Crippen molar-refractivity contribution in [2.45, 2.75) is 38.8 Å². The number of nitrogens with zero attached hydrogens (tertiary/aromatic N) is 5. The minimum Gasteiger partial charge on any atom is -0.338 e. The summed E-state index contributed by atoms with van der Waals surface area (Å²) in [6.45, 7) is 8.01. The van der Waals surface area contributed by atoms with Crippen LogP contribution in [0.2, 0.25) is 0 Å². The topological polar surface area (TPSA) is 60.0 Å². The fourth-order valence-corrected chi connectivity index (χ4v) is 3.70. The highest BCUT2D eigenvalue weighted by atomic mass is 32.2. The summed E-state index contributed by atoms with van der Waals surface area (Å²) in [6, 6.07) is 0.359. The highest BCUT2D eigenvalue weighted by Gasteiger charge is 2.28. The number of hydrogen-bond acceptors (Lipinski definition) is 6. The summed E-state index contributed by atoms with van der Waals surface area (Å²) in [5.41, 5.74) is 1.17. The van der Waals surface area contributed by atoms with Crippen LogP contribution in [-0.2, 0) is 19.0 Å². The molecular weight excluding hydrogens is 298 g/mol. The number of thioether (sulfide) groups is 1. The molecule has 3 heterocycles. The molecule has 2 aromatic heterocycles. The standard InChI is InChI=1S/C15H23N5OS/c1-15(2,3)14-17-13(21-18-14)9-20-5-6-22-10-12(20)11-7-16-19(4)8-11/h7-8,12H,5-6,9-10H2,1-4H3/t12-/m1/s1. The van der Waals surface area contributed by atoms with Crippen molar-refractivity contribution in [2.24, 2.45) is 7.05 Å². The van der Waals surface area contributed by atoms with E-state index in [4.69, 9.17) is 4.52 Å². The molecule has 0 radical (unpaired) electrons. The van der Waals surface area contributed by atoms with Crippen LogP contribution < -0.4 is 0 Å². The average Bonchev–Trinajstić information content (AvgIpc) is 3.08. The molecule has 1 aliphatic rings. The number of aryl methyl sites for hydroxylation is 1. The van der Waals surface area contributed by atoms with Crippen molar-refractivity contribution in [1.29, 1.82) is 0 Å². The lowest BCUT2D eigenvalue weighted by Crippen LogP contribution is -2.35. The van der Waals surface area contributed by atoms with Crippen molar-refractivity contribution in [1.82, 2.24) is 24.8 Å². The first-order valence-corrected chi connectivity index (χ1v) is 8.72. The predicted octanol–water partition coefficient (Wildman–Crippen LogP) is 2.39. The Balaban J connectivity index is 1.75. The van der Waals surface area contributed by atoms with Crippen LogP contribution in [-0.4, -0.2) is 42.9 Å². The van der Waals surface area contributed by atoms with Crippen LogP contribution in [0.5, 0.6) is 0 Å². The van der Waals surface area contributed by atoms with Gasteiger partial charge in [0, 0.05) is 48.3 Å². The van der Waals surface area contributed by atoms with Crippen LogP contribution in [0.1, 0.15) is 44.1 Å². The van der Waals surface area contributed by atoms with Crippen molar-refractivity contribution < 1.29 is 4.52 Å².